The van der Waals surface area contributed by atoms with Gasteiger partial charge in [0.05, 0.1) is 18.5 Å². The molecule has 86 valence electrons. The lowest BCUT2D eigenvalue weighted by atomic mass is 10.1. The molecule has 2 heterocycles. The maximum absolute atomic E-state index is 5.15. The third-order valence-corrected chi connectivity index (χ3v) is 3.36. The van der Waals surface area contributed by atoms with Crippen molar-refractivity contribution in [2.75, 3.05) is 7.11 Å². The number of ether oxygens (including phenoxy) is 1. The molecule has 0 bridgehead atoms. The molecule has 0 aliphatic carbocycles. The van der Waals surface area contributed by atoms with Crippen LogP contribution < -0.4 is 4.74 Å². The first-order valence-electron chi connectivity index (χ1n) is 5.23. The number of nitrogens with zero attached hydrogens (tertiary/aromatic N) is 3. The van der Waals surface area contributed by atoms with E-state index < -0.39 is 0 Å². The van der Waals surface area contributed by atoms with Crippen molar-refractivity contribution in [2.45, 2.75) is 6.92 Å². The molecule has 5 heteroatoms. The van der Waals surface area contributed by atoms with Crippen molar-refractivity contribution in [1.29, 1.82) is 0 Å². The summed E-state index contributed by atoms with van der Waals surface area (Å²) in [6, 6.07) is 7.93. The number of imidazole rings is 1. The first kappa shape index (κ1) is 10.3. The van der Waals surface area contributed by atoms with Crippen LogP contribution in [-0.2, 0) is 0 Å². The van der Waals surface area contributed by atoms with E-state index in [0.717, 1.165) is 27.7 Å². The smallest absolute Gasteiger partial charge is 0.212 e. The van der Waals surface area contributed by atoms with Gasteiger partial charge in [-0.25, -0.2) is 9.50 Å². The first-order chi connectivity index (χ1) is 8.29. The highest BCUT2D eigenvalue weighted by atomic mass is 32.1. The number of benzene rings is 1. The number of fused-ring (bicyclic) bond motifs is 1. The Morgan fingerprint density at radius 3 is 2.71 bits per heavy atom. The van der Waals surface area contributed by atoms with E-state index in [1.807, 2.05) is 35.7 Å². The molecule has 3 rings (SSSR count). The Balaban J connectivity index is 2.18. The summed E-state index contributed by atoms with van der Waals surface area (Å²) < 4.78 is 7.03. The largest absolute Gasteiger partial charge is 0.497 e. The van der Waals surface area contributed by atoms with Crippen LogP contribution in [0.5, 0.6) is 5.75 Å². The van der Waals surface area contributed by atoms with Gasteiger partial charge in [-0.1, -0.05) is 11.3 Å². The number of aromatic nitrogens is 3. The Kier molecular flexibility index (Phi) is 2.33. The summed E-state index contributed by atoms with van der Waals surface area (Å²) in [5.41, 5.74) is 4.94. The molecular formula is C12H11N3OS. The predicted molar refractivity (Wildman–Crippen MR) is 67.6 cm³/mol. The van der Waals surface area contributed by atoms with Crippen molar-refractivity contribution in [3.05, 3.63) is 35.5 Å². The van der Waals surface area contributed by atoms with E-state index >= 15 is 0 Å². The van der Waals surface area contributed by atoms with E-state index in [1.165, 1.54) is 0 Å². The number of methoxy groups -OCH3 is 1. The quantitative estimate of drug-likeness (QED) is 0.697. The van der Waals surface area contributed by atoms with Gasteiger partial charge in [-0.2, -0.15) is 5.10 Å². The lowest BCUT2D eigenvalue weighted by Crippen LogP contribution is -1.90. The molecule has 0 N–H and O–H groups in total. The monoisotopic (exact) mass is 245 g/mol. The minimum Gasteiger partial charge on any atom is -0.497 e. The van der Waals surface area contributed by atoms with Crippen molar-refractivity contribution in [1.82, 2.24) is 14.6 Å². The van der Waals surface area contributed by atoms with E-state index in [4.69, 9.17) is 4.74 Å². The highest BCUT2D eigenvalue weighted by Crippen LogP contribution is 2.27. The zero-order valence-corrected chi connectivity index (χ0v) is 10.4. The molecule has 2 aromatic heterocycles. The van der Waals surface area contributed by atoms with Crippen LogP contribution in [0.4, 0.5) is 0 Å². The summed E-state index contributed by atoms with van der Waals surface area (Å²) in [5, 5.41) is 4.30. The molecule has 17 heavy (non-hydrogen) atoms. The van der Waals surface area contributed by atoms with Crippen LogP contribution in [0.2, 0.25) is 0 Å². The molecule has 0 aliphatic heterocycles. The Hall–Kier alpha value is -1.88. The summed E-state index contributed by atoms with van der Waals surface area (Å²) in [7, 11) is 1.66. The summed E-state index contributed by atoms with van der Waals surface area (Å²) in [6.07, 6.45) is 0. The topological polar surface area (TPSA) is 39.4 Å². The number of hydrogen-bond donors (Lipinski definition) is 0. The van der Waals surface area contributed by atoms with Gasteiger partial charge < -0.3 is 4.74 Å². The molecule has 1 aromatic carbocycles. The van der Waals surface area contributed by atoms with E-state index in [1.54, 1.807) is 24.0 Å². The SMILES string of the molecule is COc1ccc(-c2c(C)nc3scnn23)cc1. The molecule has 0 radical (unpaired) electrons. The Morgan fingerprint density at radius 1 is 1.24 bits per heavy atom. The van der Waals surface area contributed by atoms with E-state index in [-0.39, 0.29) is 0 Å². The van der Waals surface area contributed by atoms with Gasteiger partial charge in [-0.05, 0) is 31.2 Å². The zero-order valence-electron chi connectivity index (χ0n) is 9.54. The third-order valence-electron chi connectivity index (χ3n) is 2.68. The molecule has 0 aliphatic rings. The minimum absolute atomic E-state index is 0.852. The lowest BCUT2D eigenvalue weighted by Gasteiger charge is -2.03. The van der Waals surface area contributed by atoms with Crippen LogP contribution >= 0.6 is 11.3 Å². The van der Waals surface area contributed by atoms with Gasteiger partial charge in [0, 0.05) is 5.56 Å². The van der Waals surface area contributed by atoms with Gasteiger partial charge in [-0.15, -0.1) is 0 Å². The normalized spacial score (nSPS) is 10.9. The Bertz CT molecular complexity index is 654. The standard InChI is InChI=1S/C12H11N3OS/c1-8-11(15-12(14-8)17-7-13-15)9-3-5-10(16-2)6-4-9/h3-7H,1-2H3. The van der Waals surface area contributed by atoms with Gasteiger partial charge in [0.2, 0.25) is 4.96 Å². The highest BCUT2D eigenvalue weighted by molar-refractivity contribution is 7.14. The molecule has 0 fully saturated rings. The van der Waals surface area contributed by atoms with E-state index in [9.17, 15) is 0 Å². The summed E-state index contributed by atoms with van der Waals surface area (Å²) in [5.74, 6) is 0.852. The Morgan fingerprint density at radius 2 is 2.00 bits per heavy atom. The number of rotatable bonds is 2. The van der Waals surface area contributed by atoms with Gasteiger partial charge in [-0.3, -0.25) is 0 Å². The van der Waals surface area contributed by atoms with Crippen molar-refractivity contribution in [2.24, 2.45) is 0 Å². The second-order valence-corrected chi connectivity index (χ2v) is 4.52. The average Bonchev–Trinajstić information content (AvgIpc) is 2.89. The highest BCUT2D eigenvalue weighted by Gasteiger charge is 2.12. The fourth-order valence-electron chi connectivity index (χ4n) is 1.87. The van der Waals surface area contributed by atoms with Crippen LogP contribution in [0, 0.1) is 6.92 Å². The summed E-state index contributed by atoms with van der Waals surface area (Å²) in [4.78, 5) is 5.40. The number of hydrogen-bond acceptors (Lipinski definition) is 4. The van der Waals surface area contributed by atoms with E-state index in [2.05, 4.69) is 10.1 Å². The number of aryl methyl sites for hydroxylation is 1. The molecule has 3 aromatic rings. The third kappa shape index (κ3) is 1.59. The molecule has 0 saturated carbocycles. The fourth-order valence-corrected chi connectivity index (χ4v) is 2.54. The minimum atomic E-state index is 0.852. The molecule has 0 unspecified atom stereocenters. The van der Waals surface area contributed by atoms with Crippen molar-refractivity contribution in [3.8, 4) is 17.0 Å². The summed E-state index contributed by atoms with van der Waals surface area (Å²) >= 11 is 1.54. The van der Waals surface area contributed by atoms with Gasteiger partial charge in [0.1, 0.15) is 11.3 Å². The molecule has 4 nitrogen and oxygen atoms in total. The zero-order chi connectivity index (χ0) is 11.8. The average molecular weight is 245 g/mol. The second-order valence-electron chi connectivity index (χ2n) is 3.71. The Labute approximate surface area is 102 Å². The van der Waals surface area contributed by atoms with Crippen LogP contribution in [0.25, 0.3) is 16.2 Å². The van der Waals surface area contributed by atoms with Crippen LogP contribution in [0.3, 0.4) is 0 Å². The molecule has 0 amide bonds. The maximum atomic E-state index is 5.15. The van der Waals surface area contributed by atoms with Gasteiger partial charge in [0.15, 0.2) is 0 Å². The van der Waals surface area contributed by atoms with Crippen LogP contribution in [-0.4, -0.2) is 21.7 Å². The first-order valence-corrected chi connectivity index (χ1v) is 6.11. The van der Waals surface area contributed by atoms with Gasteiger partial charge >= 0.3 is 0 Å². The summed E-state index contributed by atoms with van der Waals surface area (Å²) in [6.45, 7) is 2.00. The van der Waals surface area contributed by atoms with Crippen LogP contribution in [0.1, 0.15) is 5.69 Å². The lowest BCUT2D eigenvalue weighted by molar-refractivity contribution is 0.415. The molecule has 0 saturated heterocycles. The maximum Gasteiger partial charge on any atom is 0.212 e. The van der Waals surface area contributed by atoms with Crippen molar-refractivity contribution in [3.63, 3.8) is 0 Å². The predicted octanol–water partition coefficient (Wildman–Crippen LogP) is 2.77. The van der Waals surface area contributed by atoms with Crippen LogP contribution in [0.15, 0.2) is 29.8 Å². The fraction of sp³-hybridized carbons (Fsp3) is 0.167. The molecular weight excluding hydrogens is 234 g/mol. The van der Waals surface area contributed by atoms with Crippen molar-refractivity contribution >= 4 is 16.3 Å². The van der Waals surface area contributed by atoms with E-state index in [0.29, 0.717) is 0 Å². The van der Waals surface area contributed by atoms with Crippen molar-refractivity contribution < 1.29 is 4.74 Å². The second kappa shape index (κ2) is 3.85. The molecule has 0 spiro atoms. The molecule has 0 atom stereocenters. The van der Waals surface area contributed by atoms with Gasteiger partial charge in [0.25, 0.3) is 0 Å².